The van der Waals surface area contributed by atoms with Crippen LogP contribution in [0.15, 0.2) is 65.6 Å². The van der Waals surface area contributed by atoms with Gasteiger partial charge in [0, 0.05) is 24.0 Å². The molecule has 3 aromatic rings. The topological polar surface area (TPSA) is 63.6 Å². The summed E-state index contributed by atoms with van der Waals surface area (Å²) < 4.78 is 53.2. The van der Waals surface area contributed by atoms with Gasteiger partial charge in [0.2, 0.25) is 0 Å². The Labute approximate surface area is 163 Å². The Morgan fingerprint density at radius 2 is 1.86 bits per heavy atom. The molecule has 4 rings (SSSR count). The predicted octanol–water partition coefficient (Wildman–Crippen LogP) is 4.59. The third-order valence-corrected chi connectivity index (χ3v) is 5.84. The molecular weight excluding hydrogens is 379 g/mol. The molecule has 28 heavy (non-hydrogen) atoms. The maximum absolute atomic E-state index is 14.2. The zero-order chi connectivity index (χ0) is 19.9. The molecule has 144 valence electrons. The number of hydrogen-bond donors (Lipinski definition) is 1. The predicted molar refractivity (Wildman–Crippen MR) is 105 cm³/mol. The van der Waals surface area contributed by atoms with Crippen LogP contribution in [0.4, 0.5) is 4.39 Å². The fraction of sp³-hybridized carbons (Fsp3) is 0.182. The van der Waals surface area contributed by atoms with Gasteiger partial charge in [-0.05, 0) is 36.2 Å². The lowest BCUT2D eigenvalue weighted by Gasteiger charge is -2.15. The molecule has 6 heteroatoms. The lowest BCUT2D eigenvalue weighted by Crippen LogP contribution is -2.18. The molecule has 3 aromatic carbocycles. The average Bonchev–Trinajstić information content (AvgIpc) is 3.02. The lowest BCUT2D eigenvalue weighted by molar-refractivity contribution is 0.233. The van der Waals surface area contributed by atoms with Gasteiger partial charge >= 0.3 is 0 Å². The first-order valence-corrected chi connectivity index (χ1v) is 10.4. The minimum atomic E-state index is -4.33. The third kappa shape index (κ3) is 3.66. The molecule has 0 aliphatic carbocycles. The van der Waals surface area contributed by atoms with Crippen LogP contribution in [-0.4, -0.2) is 19.1 Å². The van der Waals surface area contributed by atoms with Gasteiger partial charge in [0.15, 0.2) is 0 Å². The summed E-state index contributed by atoms with van der Waals surface area (Å²) in [4.78, 5) is -0.118. The van der Waals surface area contributed by atoms with Gasteiger partial charge in [0.1, 0.15) is 17.7 Å². The van der Waals surface area contributed by atoms with Crippen molar-refractivity contribution >= 4 is 10.1 Å². The van der Waals surface area contributed by atoms with E-state index in [0.29, 0.717) is 29.7 Å². The van der Waals surface area contributed by atoms with E-state index in [1.165, 1.54) is 18.2 Å². The molecule has 0 saturated carbocycles. The van der Waals surface area contributed by atoms with Gasteiger partial charge < -0.3 is 4.74 Å². The second-order valence-corrected chi connectivity index (χ2v) is 8.43. The normalized spacial score (nSPS) is 15.9. The Morgan fingerprint density at radius 1 is 1.11 bits per heavy atom. The summed E-state index contributed by atoms with van der Waals surface area (Å²) in [6.45, 7) is 1.85. The molecule has 0 saturated heterocycles. The summed E-state index contributed by atoms with van der Waals surface area (Å²) in [6.07, 6.45) is 0.411. The van der Waals surface area contributed by atoms with E-state index >= 15 is 0 Å². The zero-order valence-corrected chi connectivity index (χ0v) is 16.0. The highest BCUT2D eigenvalue weighted by Gasteiger charge is 2.29. The molecule has 1 heterocycles. The van der Waals surface area contributed by atoms with Crippen molar-refractivity contribution in [2.24, 2.45) is 0 Å². The highest BCUT2D eigenvalue weighted by atomic mass is 32.2. The first kappa shape index (κ1) is 18.7. The highest BCUT2D eigenvalue weighted by Crippen LogP contribution is 2.40. The maximum Gasteiger partial charge on any atom is 0.294 e. The van der Waals surface area contributed by atoms with Crippen molar-refractivity contribution in [3.63, 3.8) is 0 Å². The minimum Gasteiger partial charge on any atom is -0.489 e. The largest absolute Gasteiger partial charge is 0.489 e. The lowest BCUT2D eigenvalue weighted by atomic mass is 9.98. The Balaban J connectivity index is 1.68. The number of fused-ring (bicyclic) bond motifs is 1. The molecule has 0 aromatic heterocycles. The van der Waals surface area contributed by atoms with E-state index in [1.807, 2.05) is 37.3 Å². The molecular formula is C22H19FO4S. The van der Waals surface area contributed by atoms with Gasteiger partial charge in [-0.2, -0.15) is 8.42 Å². The molecule has 1 N–H and O–H groups in total. The Bertz CT molecular complexity index is 1140. The number of halogens is 1. The Hall–Kier alpha value is -2.70. The summed E-state index contributed by atoms with van der Waals surface area (Å²) in [5.41, 5.74) is 3.66. The Kier molecular flexibility index (Phi) is 4.69. The third-order valence-electron chi connectivity index (χ3n) is 4.89. The van der Waals surface area contributed by atoms with Gasteiger partial charge in [0.05, 0.1) is 4.90 Å². The molecule has 0 fully saturated rings. The fourth-order valence-corrected chi connectivity index (χ4v) is 4.42. The van der Waals surface area contributed by atoms with Crippen molar-refractivity contribution in [1.82, 2.24) is 0 Å². The summed E-state index contributed by atoms with van der Waals surface area (Å²) in [6, 6.07) is 17.1. The minimum absolute atomic E-state index is 0.118. The van der Waals surface area contributed by atoms with Crippen LogP contribution in [-0.2, 0) is 23.0 Å². The van der Waals surface area contributed by atoms with Crippen molar-refractivity contribution in [2.75, 3.05) is 0 Å². The smallest absolute Gasteiger partial charge is 0.294 e. The van der Waals surface area contributed by atoms with Crippen LogP contribution in [0.5, 0.6) is 5.75 Å². The molecule has 0 amide bonds. The van der Waals surface area contributed by atoms with E-state index in [1.54, 1.807) is 12.1 Å². The molecule has 1 unspecified atom stereocenters. The van der Waals surface area contributed by atoms with Crippen molar-refractivity contribution in [1.29, 1.82) is 0 Å². The van der Waals surface area contributed by atoms with Crippen molar-refractivity contribution in [3.8, 4) is 16.9 Å². The van der Waals surface area contributed by atoms with Crippen LogP contribution in [0.3, 0.4) is 0 Å². The average molecular weight is 398 g/mol. The monoisotopic (exact) mass is 398 g/mol. The summed E-state index contributed by atoms with van der Waals surface area (Å²) in [5, 5.41) is 0. The van der Waals surface area contributed by atoms with Gasteiger partial charge in [-0.25, -0.2) is 4.39 Å². The molecule has 4 nitrogen and oxygen atoms in total. The van der Waals surface area contributed by atoms with Crippen LogP contribution >= 0.6 is 0 Å². The summed E-state index contributed by atoms with van der Waals surface area (Å²) in [7, 11) is -4.33. The molecule has 0 spiro atoms. The fourth-order valence-electron chi connectivity index (χ4n) is 3.71. The van der Waals surface area contributed by atoms with Gasteiger partial charge in [-0.1, -0.05) is 48.0 Å². The quantitative estimate of drug-likeness (QED) is 0.653. The Morgan fingerprint density at radius 3 is 2.57 bits per heavy atom. The van der Waals surface area contributed by atoms with Gasteiger partial charge in [0.25, 0.3) is 10.1 Å². The summed E-state index contributed by atoms with van der Waals surface area (Å²) in [5.74, 6) is 0.287. The molecule has 0 radical (unpaired) electrons. The van der Waals surface area contributed by atoms with Crippen LogP contribution in [0.2, 0.25) is 0 Å². The van der Waals surface area contributed by atoms with Crippen LogP contribution in [0, 0.1) is 12.7 Å². The number of ether oxygens (including phenoxy) is 1. The first-order chi connectivity index (χ1) is 13.3. The second kappa shape index (κ2) is 7.04. The molecule has 1 atom stereocenters. The number of rotatable bonds is 4. The molecule has 0 bridgehead atoms. The van der Waals surface area contributed by atoms with Gasteiger partial charge in [-0.15, -0.1) is 0 Å². The van der Waals surface area contributed by atoms with E-state index in [0.717, 1.165) is 16.7 Å². The SMILES string of the molecule is Cc1ccc(S(=O)(=O)O)c(CC2Cc3cc(F)cc(-c4ccccc4)c3O2)c1. The van der Waals surface area contributed by atoms with E-state index in [2.05, 4.69) is 0 Å². The first-order valence-electron chi connectivity index (χ1n) is 8.93. The zero-order valence-electron chi connectivity index (χ0n) is 15.2. The van der Waals surface area contributed by atoms with Crippen molar-refractivity contribution in [2.45, 2.75) is 30.8 Å². The standard InChI is InChI=1S/C22H19FO4S/c1-14-7-8-21(28(24,25)26)16(9-14)11-19-12-17-10-18(23)13-20(22(17)27-19)15-5-3-2-4-6-15/h2-10,13,19H,11-12H2,1H3,(H,24,25,26). The number of hydrogen-bond acceptors (Lipinski definition) is 3. The van der Waals surface area contributed by atoms with Crippen molar-refractivity contribution < 1.29 is 22.1 Å². The molecule has 1 aliphatic heterocycles. The van der Waals surface area contributed by atoms with E-state index in [9.17, 15) is 17.4 Å². The number of benzene rings is 3. The van der Waals surface area contributed by atoms with E-state index < -0.39 is 10.1 Å². The molecule has 1 aliphatic rings. The van der Waals surface area contributed by atoms with E-state index in [-0.39, 0.29) is 16.8 Å². The maximum atomic E-state index is 14.2. The van der Waals surface area contributed by atoms with Crippen molar-refractivity contribution in [3.05, 3.63) is 83.2 Å². The van der Waals surface area contributed by atoms with Crippen LogP contribution < -0.4 is 4.74 Å². The van der Waals surface area contributed by atoms with E-state index in [4.69, 9.17) is 4.74 Å². The second-order valence-electron chi connectivity index (χ2n) is 7.04. The number of aryl methyl sites for hydroxylation is 1. The summed E-state index contributed by atoms with van der Waals surface area (Å²) >= 11 is 0. The van der Waals surface area contributed by atoms with Gasteiger partial charge in [-0.3, -0.25) is 4.55 Å². The van der Waals surface area contributed by atoms with Crippen LogP contribution in [0.1, 0.15) is 16.7 Å². The highest BCUT2D eigenvalue weighted by molar-refractivity contribution is 7.85. The van der Waals surface area contributed by atoms with Crippen LogP contribution in [0.25, 0.3) is 11.1 Å².